The Morgan fingerprint density at radius 3 is 2.85 bits per heavy atom. The zero-order valence-corrected chi connectivity index (χ0v) is 8.80. The number of allylic oxidation sites excluding steroid dienone is 1. The molecule has 0 spiro atoms. The van der Waals surface area contributed by atoms with Crippen LogP contribution < -0.4 is 0 Å². The van der Waals surface area contributed by atoms with E-state index in [1.807, 2.05) is 25.1 Å². The Morgan fingerprint density at radius 2 is 2.31 bits per heavy atom. The van der Waals surface area contributed by atoms with E-state index in [1.165, 1.54) is 0 Å². The summed E-state index contributed by atoms with van der Waals surface area (Å²) in [5.41, 5.74) is 2.06. The Morgan fingerprint density at radius 1 is 1.62 bits per heavy atom. The molecule has 0 amide bonds. The highest BCUT2D eigenvalue weighted by atomic mass is 35.5. The Balaban J connectivity index is 2.83. The molecule has 0 N–H and O–H groups in total. The molecule has 1 atom stereocenters. The van der Waals surface area contributed by atoms with Crippen LogP contribution >= 0.6 is 11.6 Å². The van der Waals surface area contributed by atoms with Crippen molar-refractivity contribution in [3.05, 3.63) is 41.2 Å². The van der Waals surface area contributed by atoms with Crippen LogP contribution in [0.2, 0.25) is 5.15 Å². The molecule has 0 aliphatic rings. The van der Waals surface area contributed by atoms with Gasteiger partial charge in [0.15, 0.2) is 0 Å². The number of hydrogen-bond acceptors (Lipinski definition) is 1. The lowest BCUT2D eigenvalue weighted by atomic mass is 10.0. The SMILES string of the molecule is C=CC(C)Cc1ccc(C)nc1Cl. The van der Waals surface area contributed by atoms with Crippen molar-refractivity contribution >= 4 is 11.6 Å². The highest BCUT2D eigenvalue weighted by molar-refractivity contribution is 6.30. The first-order chi connectivity index (χ1) is 6.13. The van der Waals surface area contributed by atoms with Gasteiger partial charge in [0, 0.05) is 5.69 Å². The van der Waals surface area contributed by atoms with Crippen LogP contribution in [0.3, 0.4) is 0 Å². The average molecular weight is 196 g/mol. The molecule has 0 radical (unpaired) electrons. The lowest BCUT2D eigenvalue weighted by Crippen LogP contribution is -1.98. The van der Waals surface area contributed by atoms with Gasteiger partial charge in [-0.2, -0.15) is 0 Å². The van der Waals surface area contributed by atoms with Crippen molar-refractivity contribution in [3.63, 3.8) is 0 Å². The van der Waals surface area contributed by atoms with E-state index in [1.54, 1.807) is 0 Å². The molecule has 0 aromatic carbocycles. The smallest absolute Gasteiger partial charge is 0.132 e. The van der Waals surface area contributed by atoms with Crippen molar-refractivity contribution in [1.82, 2.24) is 4.98 Å². The molecule has 0 saturated carbocycles. The molecule has 0 bridgehead atoms. The number of hydrogen-bond donors (Lipinski definition) is 0. The molecule has 1 unspecified atom stereocenters. The first-order valence-corrected chi connectivity index (χ1v) is 4.76. The van der Waals surface area contributed by atoms with Crippen molar-refractivity contribution in [2.24, 2.45) is 5.92 Å². The van der Waals surface area contributed by atoms with Gasteiger partial charge in [0.1, 0.15) is 5.15 Å². The standard InChI is InChI=1S/C11H14ClN/c1-4-8(2)7-10-6-5-9(3)13-11(10)12/h4-6,8H,1,7H2,2-3H3. The van der Waals surface area contributed by atoms with Gasteiger partial charge in [-0.05, 0) is 30.9 Å². The maximum absolute atomic E-state index is 5.99. The third-order valence-corrected chi connectivity index (χ3v) is 2.34. The molecule has 0 saturated heterocycles. The second-order valence-electron chi connectivity index (χ2n) is 3.32. The minimum Gasteiger partial charge on any atom is -0.241 e. The predicted molar refractivity (Wildman–Crippen MR) is 57.0 cm³/mol. The molecule has 1 heterocycles. The van der Waals surface area contributed by atoms with Crippen LogP contribution in [-0.4, -0.2) is 4.98 Å². The fourth-order valence-corrected chi connectivity index (χ4v) is 1.41. The summed E-state index contributed by atoms with van der Waals surface area (Å²) < 4.78 is 0. The molecular formula is C11H14ClN. The number of rotatable bonds is 3. The maximum Gasteiger partial charge on any atom is 0.132 e. The Labute approximate surface area is 84.5 Å². The van der Waals surface area contributed by atoms with Crippen molar-refractivity contribution in [2.45, 2.75) is 20.3 Å². The van der Waals surface area contributed by atoms with E-state index in [-0.39, 0.29) is 0 Å². The number of aryl methyl sites for hydroxylation is 1. The fourth-order valence-electron chi connectivity index (χ4n) is 1.14. The van der Waals surface area contributed by atoms with Gasteiger partial charge in [0.2, 0.25) is 0 Å². The van der Waals surface area contributed by atoms with E-state index in [2.05, 4.69) is 18.5 Å². The van der Waals surface area contributed by atoms with Crippen molar-refractivity contribution < 1.29 is 0 Å². The molecule has 1 aromatic rings. The van der Waals surface area contributed by atoms with Crippen molar-refractivity contribution in [2.75, 3.05) is 0 Å². The lowest BCUT2D eigenvalue weighted by molar-refractivity contribution is 0.722. The van der Waals surface area contributed by atoms with Gasteiger partial charge in [-0.3, -0.25) is 0 Å². The third kappa shape index (κ3) is 2.85. The molecule has 13 heavy (non-hydrogen) atoms. The van der Waals surface area contributed by atoms with E-state index in [0.717, 1.165) is 17.7 Å². The molecule has 0 aliphatic carbocycles. The minimum atomic E-state index is 0.446. The molecule has 70 valence electrons. The summed E-state index contributed by atoms with van der Waals surface area (Å²) >= 11 is 5.99. The third-order valence-electron chi connectivity index (χ3n) is 2.01. The van der Waals surface area contributed by atoms with Gasteiger partial charge in [-0.15, -0.1) is 6.58 Å². The summed E-state index contributed by atoms with van der Waals surface area (Å²) in [6.45, 7) is 7.79. The zero-order chi connectivity index (χ0) is 9.84. The van der Waals surface area contributed by atoms with Gasteiger partial charge in [0.05, 0.1) is 0 Å². The van der Waals surface area contributed by atoms with Crippen LogP contribution in [0, 0.1) is 12.8 Å². The largest absolute Gasteiger partial charge is 0.241 e. The predicted octanol–water partition coefficient (Wildman–Crippen LogP) is 3.41. The van der Waals surface area contributed by atoms with Crippen LogP contribution in [0.1, 0.15) is 18.2 Å². The summed E-state index contributed by atoms with van der Waals surface area (Å²) in [5, 5.41) is 0.619. The second-order valence-corrected chi connectivity index (χ2v) is 3.68. The van der Waals surface area contributed by atoms with Crippen LogP contribution in [0.5, 0.6) is 0 Å². The Hall–Kier alpha value is -0.820. The van der Waals surface area contributed by atoms with Gasteiger partial charge in [-0.1, -0.05) is 30.7 Å². The maximum atomic E-state index is 5.99. The Bertz CT molecular complexity index is 307. The molecular weight excluding hydrogens is 182 g/mol. The highest BCUT2D eigenvalue weighted by Crippen LogP contribution is 2.17. The highest BCUT2D eigenvalue weighted by Gasteiger charge is 2.04. The summed E-state index contributed by atoms with van der Waals surface area (Å²) in [7, 11) is 0. The normalized spacial score (nSPS) is 12.5. The van der Waals surface area contributed by atoms with E-state index >= 15 is 0 Å². The van der Waals surface area contributed by atoms with Crippen LogP contribution in [0.25, 0.3) is 0 Å². The molecule has 1 aromatic heterocycles. The van der Waals surface area contributed by atoms with E-state index in [4.69, 9.17) is 11.6 Å². The van der Waals surface area contributed by atoms with Gasteiger partial charge < -0.3 is 0 Å². The summed E-state index contributed by atoms with van der Waals surface area (Å²) in [6.07, 6.45) is 2.84. The number of halogens is 1. The fraction of sp³-hybridized carbons (Fsp3) is 0.364. The van der Waals surface area contributed by atoms with Gasteiger partial charge >= 0.3 is 0 Å². The quantitative estimate of drug-likeness (QED) is 0.532. The number of pyridine rings is 1. The van der Waals surface area contributed by atoms with Crippen LogP contribution in [-0.2, 0) is 6.42 Å². The van der Waals surface area contributed by atoms with Crippen LogP contribution in [0.15, 0.2) is 24.8 Å². The Kier molecular flexibility index (Phi) is 3.49. The van der Waals surface area contributed by atoms with E-state index in [9.17, 15) is 0 Å². The van der Waals surface area contributed by atoms with Gasteiger partial charge in [-0.25, -0.2) is 4.98 Å². The number of aromatic nitrogens is 1. The summed E-state index contributed by atoms with van der Waals surface area (Å²) in [4.78, 5) is 4.19. The lowest BCUT2D eigenvalue weighted by Gasteiger charge is -2.07. The van der Waals surface area contributed by atoms with E-state index < -0.39 is 0 Å². The van der Waals surface area contributed by atoms with Crippen molar-refractivity contribution in [1.29, 1.82) is 0 Å². The molecule has 0 fully saturated rings. The number of nitrogens with zero attached hydrogens (tertiary/aromatic N) is 1. The minimum absolute atomic E-state index is 0.446. The first kappa shape index (κ1) is 10.3. The summed E-state index contributed by atoms with van der Waals surface area (Å²) in [6, 6.07) is 4.02. The first-order valence-electron chi connectivity index (χ1n) is 4.38. The summed E-state index contributed by atoms with van der Waals surface area (Å²) in [5.74, 6) is 0.446. The monoisotopic (exact) mass is 195 g/mol. The van der Waals surface area contributed by atoms with Crippen molar-refractivity contribution in [3.8, 4) is 0 Å². The average Bonchev–Trinajstić information content (AvgIpc) is 2.09. The van der Waals surface area contributed by atoms with Gasteiger partial charge in [0.25, 0.3) is 0 Å². The molecule has 1 nitrogen and oxygen atoms in total. The van der Waals surface area contributed by atoms with Crippen LogP contribution in [0.4, 0.5) is 0 Å². The van der Waals surface area contributed by atoms with E-state index in [0.29, 0.717) is 11.1 Å². The topological polar surface area (TPSA) is 12.9 Å². The second kappa shape index (κ2) is 4.43. The molecule has 2 heteroatoms. The zero-order valence-electron chi connectivity index (χ0n) is 8.05. The molecule has 0 aliphatic heterocycles. The molecule has 1 rings (SSSR count).